The third-order valence-electron chi connectivity index (χ3n) is 6.62. The fraction of sp³-hybridized carbons (Fsp3) is 0.462. The molecule has 0 aliphatic carbocycles. The summed E-state index contributed by atoms with van der Waals surface area (Å²) < 4.78 is 41.4. The zero-order chi connectivity index (χ0) is 26.3. The van der Waals surface area contributed by atoms with Crippen LogP contribution in [0.25, 0.3) is 0 Å². The van der Waals surface area contributed by atoms with E-state index < -0.39 is 23.2 Å². The molecular formula is C26H31ClF3N3O3. The standard InChI is InChI=1S/C26H31ClF3N3O3/c1-31-23(34)21-11-10-20(17-22(21)27)32-14-6-5-7-18-12-15-33(16-13-18)24(35)25(36,26(28,29)30)19-8-3-2-4-9-19/h2-4,8-11,17-18,32,36H,5-7,12-16H2,1H3,(H,31,34). The second-order valence-electron chi connectivity index (χ2n) is 9.01. The second kappa shape index (κ2) is 12.0. The van der Waals surface area contributed by atoms with Crippen molar-refractivity contribution in [3.8, 4) is 0 Å². The van der Waals surface area contributed by atoms with Crippen LogP contribution in [0.4, 0.5) is 18.9 Å². The van der Waals surface area contributed by atoms with Crippen LogP contribution in [0.3, 0.4) is 0 Å². The Morgan fingerprint density at radius 3 is 2.33 bits per heavy atom. The molecule has 10 heteroatoms. The predicted molar refractivity (Wildman–Crippen MR) is 133 cm³/mol. The zero-order valence-corrected chi connectivity index (χ0v) is 20.8. The molecule has 0 spiro atoms. The van der Waals surface area contributed by atoms with Gasteiger partial charge in [0.25, 0.3) is 17.4 Å². The summed E-state index contributed by atoms with van der Waals surface area (Å²) in [6.07, 6.45) is -1.22. The second-order valence-corrected chi connectivity index (χ2v) is 9.41. The number of alkyl halides is 3. The van der Waals surface area contributed by atoms with Crippen molar-refractivity contribution in [3.63, 3.8) is 0 Å². The van der Waals surface area contributed by atoms with Gasteiger partial charge in [-0.3, -0.25) is 9.59 Å². The summed E-state index contributed by atoms with van der Waals surface area (Å²) in [5.74, 6) is -1.25. The van der Waals surface area contributed by atoms with Gasteiger partial charge < -0.3 is 20.6 Å². The Morgan fingerprint density at radius 2 is 1.75 bits per heavy atom. The summed E-state index contributed by atoms with van der Waals surface area (Å²) in [5, 5.41) is 16.7. The lowest BCUT2D eigenvalue weighted by molar-refractivity contribution is -0.262. The highest BCUT2D eigenvalue weighted by Gasteiger charge is 2.62. The Morgan fingerprint density at radius 1 is 1.08 bits per heavy atom. The Balaban J connectivity index is 1.44. The molecule has 1 aliphatic heterocycles. The SMILES string of the molecule is CNC(=O)c1ccc(NCCCCC2CCN(C(=O)C(O)(c3ccccc3)C(F)(F)F)CC2)cc1Cl. The number of likely N-dealkylation sites (tertiary alicyclic amines) is 1. The molecule has 2 aromatic rings. The summed E-state index contributed by atoms with van der Waals surface area (Å²) >= 11 is 6.16. The minimum atomic E-state index is -5.12. The number of aliphatic hydroxyl groups is 1. The monoisotopic (exact) mass is 525 g/mol. The van der Waals surface area contributed by atoms with E-state index in [1.807, 2.05) is 0 Å². The molecule has 6 nitrogen and oxygen atoms in total. The lowest BCUT2D eigenvalue weighted by atomic mass is 9.88. The number of unbranched alkanes of at least 4 members (excludes halogenated alkanes) is 1. The van der Waals surface area contributed by atoms with E-state index in [-0.39, 0.29) is 19.0 Å². The van der Waals surface area contributed by atoms with Gasteiger partial charge in [-0.25, -0.2) is 0 Å². The molecule has 1 atom stereocenters. The van der Waals surface area contributed by atoms with Crippen molar-refractivity contribution in [2.24, 2.45) is 5.92 Å². The molecule has 0 bridgehead atoms. The number of rotatable bonds is 9. The Bertz CT molecular complexity index is 1040. The summed E-state index contributed by atoms with van der Waals surface area (Å²) in [5.41, 5.74) is -2.79. The van der Waals surface area contributed by atoms with E-state index in [1.165, 1.54) is 18.2 Å². The van der Waals surface area contributed by atoms with Crippen LogP contribution in [0.5, 0.6) is 0 Å². The number of anilines is 1. The maximum atomic E-state index is 13.8. The normalized spacial score (nSPS) is 16.3. The van der Waals surface area contributed by atoms with Gasteiger partial charge in [0.2, 0.25) is 0 Å². The Kier molecular flexibility index (Phi) is 9.24. The van der Waals surface area contributed by atoms with E-state index in [4.69, 9.17) is 11.6 Å². The molecular weight excluding hydrogens is 495 g/mol. The first-order chi connectivity index (χ1) is 17.1. The summed E-state index contributed by atoms with van der Waals surface area (Å²) in [4.78, 5) is 25.7. The van der Waals surface area contributed by atoms with Crippen molar-refractivity contribution in [1.82, 2.24) is 10.2 Å². The van der Waals surface area contributed by atoms with Crippen LogP contribution in [0, 0.1) is 5.92 Å². The number of amides is 2. The average Bonchev–Trinajstić information content (AvgIpc) is 2.87. The minimum Gasteiger partial charge on any atom is -0.385 e. The molecule has 1 heterocycles. The van der Waals surface area contributed by atoms with Crippen LogP contribution in [0.15, 0.2) is 48.5 Å². The molecule has 1 aliphatic rings. The molecule has 3 rings (SSSR count). The number of carbonyl (C=O) groups excluding carboxylic acids is 2. The lowest BCUT2D eigenvalue weighted by Gasteiger charge is -2.38. The first-order valence-electron chi connectivity index (χ1n) is 12.0. The van der Waals surface area contributed by atoms with Gasteiger partial charge in [-0.2, -0.15) is 13.2 Å². The van der Waals surface area contributed by atoms with E-state index in [9.17, 15) is 27.9 Å². The number of nitrogens with zero attached hydrogens (tertiary/aromatic N) is 1. The van der Waals surface area contributed by atoms with Gasteiger partial charge in [-0.05, 0) is 43.4 Å². The highest BCUT2D eigenvalue weighted by Crippen LogP contribution is 2.41. The largest absolute Gasteiger partial charge is 0.430 e. The lowest BCUT2D eigenvalue weighted by Crippen LogP contribution is -2.57. The first kappa shape index (κ1) is 27.8. The van der Waals surface area contributed by atoms with Crippen molar-refractivity contribution in [2.45, 2.75) is 43.9 Å². The van der Waals surface area contributed by atoms with E-state index in [0.29, 0.717) is 35.9 Å². The van der Waals surface area contributed by atoms with Crippen molar-refractivity contribution in [2.75, 3.05) is 32.0 Å². The molecule has 0 aromatic heterocycles. The zero-order valence-electron chi connectivity index (χ0n) is 20.1. The summed E-state index contributed by atoms with van der Waals surface area (Å²) in [6.45, 7) is 1.08. The number of carbonyl (C=O) groups is 2. The number of piperidine rings is 1. The number of benzene rings is 2. The minimum absolute atomic E-state index is 0.184. The van der Waals surface area contributed by atoms with Crippen LogP contribution >= 0.6 is 11.6 Å². The molecule has 0 radical (unpaired) electrons. The van der Waals surface area contributed by atoms with Crippen LogP contribution in [-0.2, 0) is 10.4 Å². The maximum absolute atomic E-state index is 13.8. The van der Waals surface area contributed by atoms with Crippen LogP contribution in [-0.4, -0.2) is 54.7 Å². The van der Waals surface area contributed by atoms with E-state index in [2.05, 4.69) is 10.6 Å². The fourth-order valence-corrected chi connectivity index (χ4v) is 4.74. The molecule has 3 N–H and O–H groups in total. The van der Waals surface area contributed by atoms with Gasteiger partial charge in [0.05, 0.1) is 10.6 Å². The highest BCUT2D eigenvalue weighted by atomic mass is 35.5. The van der Waals surface area contributed by atoms with E-state index in [1.54, 1.807) is 25.2 Å². The number of halogens is 4. The topological polar surface area (TPSA) is 81.7 Å². The van der Waals surface area contributed by atoms with Crippen molar-refractivity contribution in [1.29, 1.82) is 0 Å². The average molecular weight is 526 g/mol. The fourth-order valence-electron chi connectivity index (χ4n) is 4.48. The summed E-state index contributed by atoms with van der Waals surface area (Å²) in [6, 6.07) is 11.7. The van der Waals surface area contributed by atoms with Crippen molar-refractivity contribution >= 4 is 29.1 Å². The summed E-state index contributed by atoms with van der Waals surface area (Å²) in [7, 11) is 1.54. The number of hydrogen-bond donors (Lipinski definition) is 3. The predicted octanol–water partition coefficient (Wildman–Crippen LogP) is 4.97. The molecule has 196 valence electrons. The third kappa shape index (κ3) is 6.31. The van der Waals surface area contributed by atoms with Gasteiger partial charge in [0, 0.05) is 37.9 Å². The smallest absolute Gasteiger partial charge is 0.385 e. The molecule has 0 saturated carbocycles. The van der Waals surface area contributed by atoms with Crippen LogP contribution in [0.1, 0.15) is 48.0 Å². The number of nitrogens with one attached hydrogen (secondary N) is 2. The molecule has 36 heavy (non-hydrogen) atoms. The molecule has 1 fully saturated rings. The van der Waals surface area contributed by atoms with Gasteiger partial charge in [-0.15, -0.1) is 0 Å². The first-order valence-corrected chi connectivity index (χ1v) is 12.3. The van der Waals surface area contributed by atoms with Gasteiger partial charge in [0.15, 0.2) is 0 Å². The molecule has 1 saturated heterocycles. The van der Waals surface area contributed by atoms with Crippen molar-refractivity contribution in [3.05, 3.63) is 64.7 Å². The number of hydrogen-bond acceptors (Lipinski definition) is 4. The third-order valence-corrected chi connectivity index (χ3v) is 6.93. The van der Waals surface area contributed by atoms with E-state index >= 15 is 0 Å². The van der Waals surface area contributed by atoms with Crippen LogP contribution < -0.4 is 10.6 Å². The molecule has 1 unspecified atom stereocenters. The van der Waals surface area contributed by atoms with Gasteiger partial charge in [0.1, 0.15) is 0 Å². The quantitative estimate of drug-likeness (QED) is 0.404. The Hall–Kier alpha value is -2.78. The van der Waals surface area contributed by atoms with E-state index in [0.717, 1.165) is 42.0 Å². The van der Waals surface area contributed by atoms with Crippen LogP contribution in [0.2, 0.25) is 5.02 Å². The molecule has 2 aromatic carbocycles. The molecule has 2 amide bonds. The van der Waals surface area contributed by atoms with Crippen molar-refractivity contribution < 1.29 is 27.9 Å². The maximum Gasteiger partial charge on any atom is 0.430 e. The van der Waals surface area contributed by atoms with Gasteiger partial charge in [-0.1, -0.05) is 54.8 Å². The Labute approximate surface area is 213 Å². The van der Waals surface area contributed by atoms with Gasteiger partial charge >= 0.3 is 6.18 Å². The highest BCUT2D eigenvalue weighted by molar-refractivity contribution is 6.34.